The number of hydrogen-bond acceptors (Lipinski definition) is 2. The van der Waals surface area contributed by atoms with Gasteiger partial charge in [0.2, 0.25) is 0 Å². The van der Waals surface area contributed by atoms with Gasteiger partial charge in [0.05, 0.1) is 11.4 Å². The van der Waals surface area contributed by atoms with Crippen LogP contribution in [0, 0.1) is 0 Å². The van der Waals surface area contributed by atoms with Crippen molar-refractivity contribution in [3.63, 3.8) is 0 Å². The van der Waals surface area contributed by atoms with Gasteiger partial charge < -0.3 is 4.98 Å². The number of aliphatic imine (C=N–C) groups is 2. The van der Waals surface area contributed by atoms with Crippen molar-refractivity contribution in [2.45, 2.75) is 39.5 Å². The second-order valence-electron chi connectivity index (χ2n) is 4.15. The molecule has 0 amide bonds. The zero-order valence-electron chi connectivity index (χ0n) is 10.9. The summed E-state index contributed by atoms with van der Waals surface area (Å²) in [5, 5.41) is 0. The number of aromatic amines is 1. The fraction of sp³-hybridized carbons (Fsp3) is 0.571. The Bertz CT molecular complexity index is 318. The van der Waals surface area contributed by atoms with Gasteiger partial charge in [-0.2, -0.15) is 0 Å². The summed E-state index contributed by atoms with van der Waals surface area (Å²) in [6, 6.07) is 4.08. The average Bonchev–Trinajstić information content (AvgIpc) is 2.78. The van der Waals surface area contributed by atoms with Crippen LogP contribution in [0.5, 0.6) is 0 Å². The molecule has 0 aliphatic rings. The van der Waals surface area contributed by atoms with Gasteiger partial charge in [0.25, 0.3) is 0 Å². The van der Waals surface area contributed by atoms with E-state index in [4.69, 9.17) is 0 Å². The lowest BCUT2D eigenvalue weighted by atomic mass is 10.3. The highest BCUT2D eigenvalue weighted by Gasteiger charge is 1.92. The van der Waals surface area contributed by atoms with Gasteiger partial charge in [-0.25, -0.2) is 0 Å². The van der Waals surface area contributed by atoms with Crippen LogP contribution in [0.4, 0.5) is 0 Å². The molecule has 17 heavy (non-hydrogen) atoms. The van der Waals surface area contributed by atoms with E-state index < -0.39 is 0 Å². The Morgan fingerprint density at radius 1 is 0.941 bits per heavy atom. The highest BCUT2D eigenvalue weighted by molar-refractivity contribution is 5.83. The molecule has 0 saturated heterocycles. The smallest absolute Gasteiger partial charge is 0.0566 e. The number of nitrogens with zero attached hydrogens (tertiary/aromatic N) is 2. The topological polar surface area (TPSA) is 40.5 Å². The molecule has 1 aromatic rings. The predicted molar refractivity (Wildman–Crippen MR) is 75.5 cm³/mol. The quantitative estimate of drug-likeness (QED) is 0.528. The third kappa shape index (κ3) is 6.05. The molecule has 0 aromatic carbocycles. The number of H-pyrrole nitrogens is 1. The number of nitrogens with one attached hydrogen (secondary N) is 1. The Morgan fingerprint density at radius 3 is 1.82 bits per heavy atom. The molecule has 1 heterocycles. The van der Waals surface area contributed by atoms with Crippen LogP contribution < -0.4 is 0 Å². The molecule has 3 heteroatoms. The summed E-state index contributed by atoms with van der Waals surface area (Å²) in [4.78, 5) is 12.0. The summed E-state index contributed by atoms with van der Waals surface area (Å²) in [7, 11) is 0. The van der Waals surface area contributed by atoms with Gasteiger partial charge >= 0.3 is 0 Å². The van der Waals surface area contributed by atoms with E-state index in [0.717, 1.165) is 37.3 Å². The van der Waals surface area contributed by atoms with E-state index in [-0.39, 0.29) is 0 Å². The van der Waals surface area contributed by atoms with Crippen LogP contribution in [0.3, 0.4) is 0 Å². The molecule has 0 radical (unpaired) electrons. The van der Waals surface area contributed by atoms with E-state index in [1.54, 1.807) is 0 Å². The minimum atomic E-state index is 0.912. The van der Waals surface area contributed by atoms with Gasteiger partial charge in [0.15, 0.2) is 0 Å². The fourth-order valence-corrected chi connectivity index (χ4v) is 1.40. The Hall–Kier alpha value is -1.38. The van der Waals surface area contributed by atoms with Gasteiger partial charge in [0, 0.05) is 25.5 Å². The highest BCUT2D eigenvalue weighted by Crippen LogP contribution is 1.98. The molecule has 0 aliphatic heterocycles. The molecule has 0 spiro atoms. The lowest BCUT2D eigenvalue weighted by Crippen LogP contribution is -1.87. The molecular formula is C14H23N3. The third-order valence-corrected chi connectivity index (χ3v) is 2.47. The van der Waals surface area contributed by atoms with E-state index in [0.29, 0.717) is 0 Å². The normalized spacial score (nSPS) is 11.9. The Morgan fingerprint density at radius 2 is 1.41 bits per heavy atom. The zero-order valence-corrected chi connectivity index (χ0v) is 10.9. The third-order valence-electron chi connectivity index (χ3n) is 2.47. The zero-order chi connectivity index (χ0) is 12.3. The molecule has 1 aromatic heterocycles. The molecule has 0 fully saturated rings. The highest BCUT2D eigenvalue weighted by atomic mass is 14.8. The maximum Gasteiger partial charge on any atom is 0.0566 e. The van der Waals surface area contributed by atoms with E-state index in [1.165, 1.54) is 12.8 Å². The Kier molecular flexibility index (Phi) is 7.03. The maximum absolute atomic E-state index is 4.35. The van der Waals surface area contributed by atoms with Gasteiger partial charge in [-0.3, -0.25) is 9.98 Å². The maximum atomic E-state index is 4.35. The first-order valence-electron chi connectivity index (χ1n) is 6.55. The summed E-state index contributed by atoms with van der Waals surface area (Å²) < 4.78 is 0. The summed E-state index contributed by atoms with van der Waals surface area (Å²) in [5.41, 5.74) is 2.11. The molecular weight excluding hydrogens is 210 g/mol. The summed E-state index contributed by atoms with van der Waals surface area (Å²) in [6.07, 6.45) is 8.50. The van der Waals surface area contributed by atoms with E-state index >= 15 is 0 Å². The predicted octanol–water partition coefficient (Wildman–Crippen LogP) is 3.45. The molecule has 0 saturated carbocycles. The van der Waals surface area contributed by atoms with Gasteiger partial charge in [0.1, 0.15) is 0 Å². The monoisotopic (exact) mass is 233 g/mol. The molecule has 0 atom stereocenters. The van der Waals surface area contributed by atoms with E-state index in [2.05, 4.69) is 28.8 Å². The van der Waals surface area contributed by atoms with Gasteiger partial charge in [-0.15, -0.1) is 0 Å². The number of hydrogen-bond donors (Lipinski definition) is 1. The largest absolute Gasteiger partial charge is 0.353 e. The summed E-state index contributed by atoms with van der Waals surface area (Å²) >= 11 is 0. The molecule has 0 unspecified atom stereocenters. The second-order valence-corrected chi connectivity index (χ2v) is 4.15. The van der Waals surface area contributed by atoms with Crippen LogP contribution in [0.2, 0.25) is 0 Å². The first-order chi connectivity index (χ1) is 8.36. The Balaban J connectivity index is 2.37. The molecule has 94 valence electrons. The molecule has 1 N–H and O–H groups in total. The average molecular weight is 233 g/mol. The first-order valence-corrected chi connectivity index (χ1v) is 6.55. The van der Waals surface area contributed by atoms with E-state index in [9.17, 15) is 0 Å². The number of aromatic nitrogens is 1. The molecule has 0 bridgehead atoms. The van der Waals surface area contributed by atoms with Crippen molar-refractivity contribution in [1.29, 1.82) is 0 Å². The van der Waals surface area contributed by atoms with Crippen molar-refractivity contribution in [3.05, 3.63) is 23.5 Å². The van der Waals surface area contributed by atoms with Crippen molar-refractivity contribution in [3.8, 4) is 0 Å². The van der Waals surface area contributed by atoms with Crippen molar-refractivity contribution in [1.82, 2.24) is 4.98 Å². The minimum absolute atomic E-state index is 0.912. The lowest BCUT2D eigenvalue weighted by Gasteiger charge is -1.90. The molecule has 0 aliphatic carbocycles. The van der Waals surface area contributed by atoms with Crippen LogP contribution in [-0.4, -0.2) is 30.5 Å². The van der Waals surface area contributed by atoms with Crippen molar-refractivity contribution in [2.75, 3.05) is 13.1 Å². The van der Waals surface area contributed by atoms with Gasteiger partial charge in [-0.05, 0) is 25.0 Å². The Labute approximate surface area is 104 Å². The van der Waals surface area contributed by atoms with Crippen molar-refractivity contribution < 1.29 is 0 Å². The molecule has 3 nitrogen and oxygen atoms in total. The van der Waals surface area contributed by atoms with Crippen LogP contribution in [0.1, 0.15) is 50.9 Å². The number of rotatable bonds is 8. The first kappa shape index (κ1) is 13.7. The van der Waals surface area contributed by atoms with E-state index in [1.807, 2.05) is 24.6 Å². The standard InChI is InChI=1S/C14H23N3/c1-3-5-9-15-11-13-7-8-14(17-13)12-16-10-6-4-2/h7-8,11-12,17H,3-6,9-10H2,1-2H3/b15-11+,16-12+. The van der Waals surface area contributed by atoms with Gasteiger partial charge in [-0.1, -0.05) is 26.7 Å². The van der Waals surface area contributed by atoms with Crippen LogP contribution in [0.15, 0.2) is 22.1 Å². The minimum Gasteiger partial charge on any atom is -0.353 e. The fourth-order valence-electron chi connectivity index (χ4n) is 1.40. The van der Waals surface area contributed by atoms with Crippen molar-refractivity contribution >= 4 is 12.4 Å². The SMILES string of the molecule is CCCC/N=C/c1ccc(/C=N/CCCC)[nH]1. The summed E-state index contributed by atoms with van der Waals surface area (Å²) in [5.74, 6) is 0. The van der Waals surface area contributed by atoms with Crippen molar-refractivity contribution in [2.24, 2.45) is 9.98 Å². The second kappa shape index (κ2) is 8.74. The van der Waals surface area contributed by atoms with Crippen LogP contribution in [-0.2, 0) is 0 Å². The van der Waals surface area contributed by atoms with Crippen LogP contribution >= 0.6 is 0 Å². The lowest BCUT2D eigenvalue weighted by molar-refractivity contribution is 0.809. The summed E-state index contributed by atoms with van der Waals surface area (Å²) in [6.45, 7) is 6.18. The molecule has 1 rings (SSSR count). The van der Waals surface area contributed by atoms with Crippen LogP contribution in [0.25, 0.3) is 0 Å². The number of unbranched alkanes of at least 4 members (excludes halogenated alkanes) is 2.